The molecular formula is C24H23NO5. The van der Waals surface area contributed by atoms with Crippen molar-refractivity contribution >= 4 is 17.8 Å². The lowest BCUT2D eigenvalue weighted by Gasteiger charge is -2.28. The number of benzene rings is 2. The second-order valence-electron chi connectivity index (χ2n) is 8.12. The fourth-order valence-electron chi connectivity index (χ4n) is 4.84. The fraction of sp³-hybridized carbons (Fsp3) is 0.375. The van der Waals surface area contributed by atoms with Crippen molar-refractivity contribution in [3.05, 3.63) is 59.7 Å². The van der Waals surface area contributed by atoms with Gasteiger partial charge in [-0.05, 0) is 25.0 Å². The molecule has 2 aromatic rings. The molecule has 2 aliphatic heterocycles. The van der Waals surface area contributed by atoms with Gasteiger partial charge in [0.25, 0.3) is 0 Å². The van der Waals surface area contributed by atoms with Gasteiger partial charge in [-0.25, -0.2) is 0 Å². The summed E-state index contributed by atoms with van der Waals surface area (Å²) in [5.74, 6) is 0.222. The van der Waals surface area contributed by atoms with Gasteiger partial charge in [0.05, 0.1) is 18.3 Å². The van der Waals surface area contributed by atoms with Crippen molar-refractivity contribution in [3.63, 3.8) is 0 Å². The van der Waals surface area contributed by atoms with Gasteiger partial charge >= 0.3 is 5.97 Å². The topological polar surface area (TPSA) is 72.9 Å². The van der Waals surface area contributed by atoms with Crippen LogP contribution in [0.15, 0.2) is 48.5 Å². The lowest BCUT2D eigenvalue weighted by Crippen LogP contribution is -2.33. The van der Waals surface area contributed by atoms with E-state index in [1.807, 2.05) is 48.5 Å². The Hall–Kier alpha value is -3.15. The number of likely N-dealkylation sites (tertiary alicyclic amines) is 1. The Morgan fingerprint density at radius 2 is 1.43 bits per heavy atom. The first-order valence-corrected chi connectivity index (χ1v) is 10.5. The summed E-state index contributed by atoms with van der Waals surface area (Å²) in [6.07, 6.45) is 2.92. The first-order valence-electron chi connectivity index (χ1n) is 10.5. The largest absolute Gasteiger partial charge is 0.456 e. The molecule has 30 heavy (non-hydrogen) atoms. The van der Waals surface area contributed by atoms with Crippen LogP contribution >= 0.6 is 0 Å². The average molecular weight is 405 g/mol. The zero-order valence-corrected chi connectivity index (χ0v) is 16.6. The van der Waals surface area contributed by atoms with E-state index in [1.54, 1.807) is 0 Å². The Bertz CT molecular complexity index is 947. The summed E-state index contributed by atoms with van der Waals surface area (Å²) in [4.78, 5) is 39.2. The van der Waals surface area contributed by atoms with Gasteiger partial charge in [0.2, 0.25) is 11.8 Å². The predicted molar refractivity (Wildman–Crippen MR) is 108 cm³/mol. The SMILES string of the molecule is O=C(CCN1C(=O)[C@H]2CCCC[C@@H]2C1=O)OC1c2ccccc2Oc2ccccc21. The Kier molecular flexibility index (Phi) is 4.77. The molecular weight excluding hydrogens is 382 g/mol. The summed E-state index contributed by atoms with van der Waals surface area (Å²) >= 11 is 0. The molecule has 1 saturated carbocycles. The zero-order chi connectivity index (χ0) is 20.7. The second-order valence-corrected chi connectivity index (χ2v) is 8.12. The molecule has 154 valence electrons. The highest BCUT2D eigenvalue weighted by molar-refractivity contribution is 6.05. The Morgan fingerprint density at radius 1 is 0.900 bits per heavy atom. The van der Waals surface area contributed by atoms with E-state index in [-0.39, 0.29) is 36.6 Å². The quantitative estimate of drug-likeness (QED) is 0.568. The molecule has 0 aromatic heterocycles. The van der Waals surface area contributed by atoms with E-state index in [9.17, 15) is 14.4 Å². The second kappa shape index (κ2) is 7.59. The molecule has 6 heteroatoms. The van der Waals surface area contributed by atoms with E-state index in [4.69, 9.17) is 9.47 Å². The number of esters is 1. The zero-order valence-electron chi connectivity index (χ0n) is 16.6. The van der Waals surface area contributed by atoms with Crippen molar-refractivity contribution in [1.82, 2.24) is 4.90 Å². The summed E-state index contributed by atoms with van der Waals surface area (Å²) < 4.78 is 11.7. The number of imide groups is 1. The van der Waals surface area contributed by atoms with Gasteiger partial charge in [0.1, 0.15) is 11.5 Å². The average Bonchev–Trinajstić information content (AvgIpc) is 3.02. The molecule has 0 radical (unpaired) electrons. The van der Waals surface area contributed by atoms with E-state index in [0.717, 1.165) is 36.8 Å². The molecule has 2 heterocycles. The number of amides is 2. The molecule has 0 unspecified atom stereocenters. The van der Waals surface area contributed by atoms with Crippen LogP contribution in [0.5, 0.6) is 11.5 Å². The number of para-hydroxylation sites is 2. The Labute approximate surface area is 174 Å². The minimum Gasteiger partial charge on any atom is -0.456 e. The van der Waals surface area contributed by atoms with Crippen LogP contribution in [0, 0.1) is 11.8 Å². The smallest absolute Gasteiger partial charge is 0.308 e. The number of nitrogens with zero attached hydrogens (tertiary/aromatic N) is 1. The van der Waals surface area contributed by atoms with Crippen molar-refractivity contribution in [2.75, 3.05) is 6.54 Å². The monoisotopic (exact) mass is 405 g/mol. The minimum absolute atomic E-state index is 0.0153. The third-order valence-corrected chi connectivity index (χ3v) is 6.34. The first kappa shape index (κ1) is 18.9. The van der Waals surface area contributed by atoms with Crippen LogP contribution in [0.25, 0.3) is 0 Å². The third-order valence-electron chi connectivity index (χ3n) is 6.34. The number of hydrogen-bond acceptors (Lipinski definition) is 5. The number of ether oxygens (including phenoxy) is 2. The molecule has 2 aromatic carbocycles. The number of rotatable bonds is 4. The molecule has 0 N–H and O–H groups in total. The lowest BCUT2D eigenvalue weighted by atomic mass is 9.81. The fourth-order valence-corrected chi connectivity index (χ4v) is 4.84. The van der Waals surface area contributed by atoms with Crippen LogP contribution in [-0.2, 0) is 19.1 Å². The summed E-state index contributed by atoms with van der Waals surface area (Å²) in [6.45, 7) is 0.0794. The van der Waals surface area contributed by atoms with Crippen molar-refractivity contribution in [1.29, 1.82) is 0 Å². The molecule has 1 aliphatic carbocycles. The summed E-state index contributed by atoms with van der Waals surface area (Å²) in [5.41, 5.74) is 1.56. The normalized spacial score (nSPS) is 22.7. The van der Waals surface area contributed by atoms with E-state index in [1.165, 1.54) is 4.90 Å². The van der Waals surface area contributed by atoms with Gasteiger partial charge in [0, 0.05) is 17.7 Å². The van der Waals surface area contributed by atoms with Gasteiger partial charge in [-0.1, -0.05) is 49.2 Å². The van der Waals surface area contributed by atoms with Crippen molar-refractivity contribution < 1.29 is 23.9 Å². The standard InChI is InChI=1S/C24H23NO5/c26-21(13-14-25-23(27)15-7-1-2-8-16(15)24(25)28)30-22-17-9-3-5-11-19(17)29-20-12-6-4-10-18(20)22/h3-6,9-12,15-16,22H,1-2,7-8,13-14H2/t15-,16-/m0/s1. The maximum absolute atomic E-state index is 12.7. The van der Waals surface area contributed by atoms with Crippen LogP contribution in [0.2, 0.25) is 0 Å². The third kappa shape index (κ3) is 3.16. The highest BCUT2D eigenvalue weighted by Gasteiger charge is 2.48. The van der Waals surface area contributed by atoms with Crippen LogP contribution in [-0.4, -0.2) is 29.2 Å². The van der Waals surface area contributed by atoms with E-state index >= 15 is 0 Å². The van der Waals surface area contributed by atoms with Crippen LogP contribution in [0.3, 0.4) is 0 Å². The van der Waals surface area contributed by atoms with Crippen molar-refractivity contribution in [2.45, 2.75) is 38.2 Å². The molecule has 5 rings (SSSR count). The number of carbonyl (C=O) groups excluding carboxylic acids is 3. The number of fused-ring (bicyclic) bond motifs is 3. The summed E-state index contributed by atoms with van der Waals surface area (Å²) in [7, 11) is 0. The molecule has 3 aliphatic rings. The van der Waals surface area contributed by atoms with Gasteiger partial charge in [-0.3, -0.25) is 19.3 Å². The summed E-state index contributed by atoms with van der Waals surface area (Å²) in [5, 5.41) is 0. The molecule has 1 saturated heterocycles. The molecule has 2 atom stereocenters. The van der Waals surface area contributed by atoms with Crippen molar-refractivity contribution in [2.24, 2.45) is 11.8 Å². The Balaban J connectivity index is 1.30. The lowest BCUT2D eigenvalue weighted by molar-refractivity contribution is -0.149. The van der Waals surface area contributed by atoms with E-state index < -0.39 is 12.1 Å². The predicted octanol–water partition coefficient (Wildman–Crippen LogP) is 3.99. The van der Waals surface area contributed by atoms with Crippen LogP contribution < -0.4 is 4.74 Å². The van der Waals surface area contributed by atoms with Gasteiger partial charge in [0.15, 0.2) is 6.10 Å². The van der Waals surface area contributed by atoms with Gasteiger partial charge in [-0.15, -0.1) is 0 Å². The molecule has 0 bridgehead atoms. The van der Waals surface area contributed by atoms with Crippen LogP contribution in [0.1, 0.15) is 49.3 Å². The van der Waals surface area contributed by atoms with Crippen LogP contribution in [0.4, 0.5) is 0 Å². The molecule has 0 spiro atoms. The summed E-state index contributed by atoms with van der Waals surface area (Å²) in [6, 6.07) is 14.9. The molecule has 6 nitrogen and oxygen atoms in total. The van der Waals surface area contributed by atoms with E-state index in [0.29, 0.717) is 11.5 Å². The maximum atomic E-state index is 12.7. The van der Waals surface area contributed by atoms with Gasteiger partial charge < -0.3 is 9.47 Å². The van der Waals surface area contributed by atoms with E-state index in [2.05, 4.69) is 0 Å². The maximum Gasteiger partial charge on any atom is 0.308 e. The van der Waals surface area contributed by atoms with Gasteiger partial charge in [-0.2, -0.15) is 0 Å². The molecule has 2 fully saturated rings. The highest BCUT2D eigenvalue weighted by Crippen LogP contribution is 2.44. The highest BCUT2D eigenvalue weighted by atomic mass is 16.5. The van der Waals surface area contributed by atoms with Crippen molar-refractivity contribution in [3.8, 4) is 11.5 Å². The number of carbonyl (C=O) groups is 3. The molecule has 2 amide bonds. The number of hydrogen-bond donors (Lipinski definition) is 0. The minimum atomic E-state index is -0.578. The first-order chi connectivity index (χ1) is 14.6. The Morgan fingerprint density at radius 3 is 2.00 bits per heavy atom.